The zero-order valence-corrected chi connectivity index (χ0v) is 10.4. The van der Waals surface area contributed by atoms with E-state index in [1.165, 1.54) is 18.4 Å². The van der Waals surface area contributed by atoms with Crippen molar-refractivity contribution >= 4 is 0 Å². The van der Waals surface area contributed by atoms with Gasteiger partial charge in [0.2, 0.25) is 0 Å². The molecule has 0 radical (unpaired) electrons. The van der Waals surface area contributed by atoms with Crippen LogP contribution in [0.4, 0.5) is 0 Å². The van der Waals surface area contributed by atoms with E-state index in [9.17, 15) is 0 Å². The van der Waals surface area contributed by atoms with E-state index in [0.717, 1.165) is 12.8 Å². The van der Waals surface area contributed by atoms with Gasteiger partial charge in [-0.1, -0.05) is 43.2 Å². The van der Waals surface area contributed by atoms with Crippen LogP contribution in [0.3, 0.4) is 0 Å². The maximum atomic E-state index is 9.15. The van der Waals surface area contributed by atoms with E-state index in [1.807, 2.05) is 6.07 Å². The monoisotopic (exact) mass is 228 g/mol. The Morgan fingerprint density at radius 3 is 2.65 bits per heavy atom. The normalized spacial score (nSPS) is 26.1. The third kappa shape index (κ3) is 3.08. The van der Waals surface area contributed by atoms with Gasteiger partial charge in [0.25, 0.3) is 0 Å². The Morgan fingerprint density at radius 2 is 1.94 bits per heavy atom. The summed E-state index contributed by atoms with van der Waals surface area (Å²) in [5.41, 5.74) is 1.30. The van der Waals surface area contributed by atoms with E-state index in [0.29, 0.717) is 12.1 Å². The minimum atomic E-state index is 0.190. The summed E-state index contributed by atoms with van der Waals surface area (Å²) in [6.45, 7) is 2.18. The maximum Gasteiger partial charge on any atom is 0.0672 e. The number of rotatable bonds is 3. The summed E-state index contributed by atoms with van der Waals surface area (Å²) in [4.78, 5) is 0. The van der Waals surface area contributed by atoms with Gasteiger partial charge in [-0.3, -0.25) is 0 Å². The average Bonchev–Trinajstić information content (AvgIpc) is 2.40. The smallest absolute Gasteiger partial charge is 0.0672 e. The number of nitrogens with zero attached hydrogens (tertiary/aromatic N) is 1. The lowest BCUT2D eigenvalue weighted by Gasteiger charge is -2.30. The zero-order chi connectivity index (χ0) is 12.1. The minimum absolute atomic E-state index is 0.190. The topological polar surface area (TPSA) is 35.8 Å². The first-order valence-corrected chi connectivity index (χ1v) is 6.52. The van der Waals surface area contributed by atoms with Crippen LogP contribution < -0.4 is 5.32 Å². The SMILES string of the molecule is C[C@@H](NC1CCCCC1C#N)c1ccccc1. The summed E-state index contributed by atoms with van der Waals surface area (Å²) < 4.78 is 0. The quantitative estimate of drug-likeness (QED) is 0.860. The summed E-state index contributed by atoms with van der Waals surface area (Å²) in [6.07, 6.45) is 4.64. The Hall–Kier alpha value is -1.33. The van der Waals surface area contributed by atoms with Crippen molar-refractivity contribution in [1.82, 2.24) is 5.32 Å². The Morgan fingerprint density at radius 1 is 1.24 bits per heavy atom. The molecule has 90 valence electrons. The molecule has 0 amide bonds. The van der Waals surface area contributed by atoms with Crippen molar-refractivity contribution in [2.45, 2.75) is 44.7 Å². The van der Waals surface area contributed by atoms with Crippen molar-refractivity contribution in [3.8, 4) is 6.07 Å². The average molecular weight is 228 g/mol. The van der Waals surface area contributed by atoms with Crippen molar-refractivity contribution in [3.63, 3.8) is 0 Å². The second-order valence-electron chi connectivity index (χ2n) is 4.93. The van der Waals surface area contributed by atoms with E-state index in [4.69, 9.17) is 5.26 Å². The summed E-state index contributed by atoms with van der Waals surface area (Å²) in [5.74, 6) is 0.190. The molecule has 2 rings (SSSR count). The highest BCUT2D eigenvalue weighted by atomic mass is 15.0. The molecule has 3 atom stereocenters. The predicted molar refractivity (Wildman–Crippen MR) is 69.4 cm³/mol. The van der Waals surface area contributed by atoms with Crippen molar-refractivity contribution in [3.05, 3.63) is 35.9 Å². The molecule has 1 saturated carbocycles. The molecule has 1 N–H and O–H groups in total. The number of hydrogen-bond acceptors (Lipinski definition) is 2. The summed E-state index contributed by atoms with van der Waals surface area (Å²) in [6, 6.07) is 13.6. The first kappa shape index (κ1) is 12.1. The molecule has 2 heteroatoms. The molecular formula is C15H20N2. The van der Waals surface area contributed by atoms with Crippen LogP contribution in [0.25, 0.3) is 0 Å². The molecule has 1 aromatic rings. The lowest BCUT2D eigenvalue weighted by Crippen LogP contribution is -2.39. The molecule has 0 aliphatic heterocycles. The van der Waals surface area contributed by atoms with Gasteiger partial charge in [0.05, 0.1) is 12.0 Å². The molecule has 1 aliphatic carbocycles. The Balaban J connectivity index is 1.98. The van der Waals surface area contributed by atoms with Gasteiger partial charge in [-0.05, 0) is 25.3 Å². The highest BCUT2D eigenvalue weighted by Crippen LogP contribution is 2.26. The molecule has 0 heterocycles. The van der Waals surface area contributed by atoms with Gasteiger partial charge in [-0.15, -0.1) is 0 Å². The largest absolute Gasteiger partial charge is 0.306 e. The highest BCUT2D eigenvalue weighted by molar-refractivity contribution is 5.18. The first-order valence-electron chi connectivity index (χ1n) is 6.52. The second-order valence-corrected chi connectivity index (χ2v) is 4.93. The van der Waals surface area contributed by atoms with Gasteiger partial charge in [-0.25, -0.2) is 0 Å². The van der Waals surface area contributed by atoms with E-state index in [1.54, 1.807) is 0 Å². The lowest BCUT2D eigenvalue weighted by molar-refractivity contribution is 0.292. The van der Waals surface area contributed by atoms with Crippen LogP contribution in [0.5, 0.6) is 0 Å². The number of nitrogens with one attached hydrogen (secondary N) is 1. The van der Waals surface area contributed by atoms with Crippen LogP contribution in [0.2, 0.25) is 0 Å². The fourth-order valence-corrected chi connectivity index (χ4v) is 2.64. The molecule has 0 spiro atoms. The van der Waals surface area contributed by atoms with Gasteiger partial charge >= 0.3 is 0 Å². The highest BCUT2D eigenvalue weighted by Gasteiger charge is 2.25. The third-order valence-corrected chi connectivity index (χ3v) is 3.70. The molecule has 0 saturated heterocycles. The van der Waals surface area contributed by atoms with E-state index < -0.39 is 0 Å². The molecule has 0 bridgehead atoms. The van der Waals surface area contributed by atoms with E-state index >= 15 is 0 Å². The van der Waals surface area contributed by atoms with Gasteiger partial charge in [-0.2, -0.15) is 5.26 Å². The van der Waals surface area contributed by atoms with E-state index in [-0.39, 0.29) is 5.92 Å². The molecular weight excluding hydrogens is 208 g/mol. The van der Waals surface area contributed by atoms with Gasteiger partial charge in [0.15, 0.2) is 0 Å². The molecule has 1 aromatic carbocycles. The van der Waals surface area contributed by atoms with Crippen LogP contribution in [-0.4, -0.2) is 6.04 Å². The van der Waals surface area contributed by atoms with E-state index in [2.05, 4.69) is 42.6 Å². The van der Waals surface area contributed by atoms with Crippen LogP contribution >= 0.6 is 0 Å². The summed E-state index contributed by atoms with van der Waals surface area (Å²) in [7, 11) is 0. The van der Waals surface area contributed by atoms with Crippen LogP contribution in [0.15, 0.2) is 30.3 Å². The fraction of sp³-hybridized carbons (Fsp3) is 0.533. The van der Waals surface area contributed by atoms with Gasteiger partial charge in [0.1, 0.15) is 0 Å². The summed E-state index contributed by atoms with van der Waals surface area (Å²) in [5, 5.41) is 12.8. The number of benzene rings is 1. The standard InChI is InChI=1S/C15H20N2/c1-12(13-7-3-2-4-8-13)17-15-10-6-5-9-14(15)11-16/h2-4,7-8,12,14-15,17H,5-6,9-10H2,1H3/t12-,14?,15?/m1/s1. The molecule has 1 aliphatic rings. The zero-order valence-electron chi connectivity index (χ0n) is 10.4. The van der Waals surface area contributed by atoms with Gasteiger partial charge in [0, 0.05) is 12.1 Å². The third-order valence-electron chi connectivity index (χ3n) is 3.70. The molecule has 2 unspecified atom stereocenters. The fourth-order valence-electron chi connectivity index (χ4n) is 2.64. The van der Waals surface area contributed by atoms with Crippen LogP contribution in [0.1, 0.15) is 44.2 Å². The Kier molecular flexibility index (Phi) is 4.17. The van der Waals surface area contributed by atoms with Crippen molar-refractivity contribution < 1.29 is 0 Å². The Labute approximate surface area is 104 Å². The van der Waals surface area contributed by atoms with Crippen LogP contribution in [-0.2, 0) is 0 Å². The number of nitriles is 1. The second kappa shape index (κ2) is 5.84. The summed E-state index contributed by atoms with van der Waals surface area (Å²) >= 11 is 0. The molecule has 1 fully saturated rings. The van der Waals surface area contributed by atoms with Gasteiger partial charge < -0.3 is 5.32 Å². The first-order chi connectivity index (χ1) is 8.31. The van der Waals surface area contributed by atoms with Crippen LogP contribution in [0, 0.1) is 17.2 Å². The molecule has 2 nitrogen and oxygen atoms in total. The van der Waals surface area contributed by atoms with Crippen molar-refractivity contribution in [1.29, 1.82) is 5.26 Å². The van der Waals surface area contributed by atoms with Crippen molar-refractivity contribution in [2.75, 3.05) is 0 Å². The number of hydrogen-bond donors (Lipinski definition) is 1. The Bertz CT molecular complexity index is 380. The van der Waals surface area contributed by atoms with Crippen molar-refractivity contribution in [2.24, 2.45) is 5.92 Å². The lowest BCUT2D eigenvalue weighted by atomic mass is 9.85. The minimum Gasteiger partial charge on any atom is -0.306 e. The maximum absolute atomic E-state index is 9.15. The molecule has 0 aromatic heterocycles. The molecule has 17 heavy (non-hydrogen) atoms. The predicted octanol–water partition coefficient (Wildman–Crippen LogP) is 3.42.